The predicted molar refractivity (Wildman–Crippen MR) is 134 cm³/mol. The van der Waals surface area contributed by atoms with E-state index in [0.29, 0.717) is 22.4 Å². The summed E-state index contributed by atoms with van der Waals surface area (Å²) in [5.74, 6) is -1.56. The van der Waals surface area contributed by atoms with Gasteiger partial charge in [0.25, 0.3) is 5.91 Å². The smallest absolute Gasteiger partial charge is 0.336 e. The molecule has 36 heavy (non-hydrogen) atoms. The Morgan fingerprint density at radius 1 is 1.03 bits per heavy atom. The first-order valence-electron chi connectivity index (χ1n) is 12.7. The van der Waals surface area contributed by atoms with Crippen LogP contribution in [0, 0.1) is 5.82 Å². The molecule has 7 heteroatoms. The van der Waals surface area contributed by atoms with Crippen LogP contribution in [0.3, 0.4) is 0 Å². The monoisotopic (exact) mass is 492 g/mol. The van der Waals surface area contributed by atoms with Crippen molar-refractivity contribution in [2.45, 2.75) is 70.9 Å². The number of nitrogens with one attached hydrogen (secondary N) is 1. The van der Waals surface area contributed by atoms with Crippen LogP contribution in [0.4, 0.5) is 4.39 Å². The first-order chi connectivity index (χ1) is 17.4. The molecule has 1 atom stereocenters. The van der Waals surface area contributed by atoms with Gasteiger partial charge in [-0.25, -0.2) is 9.18 Å². The van der Waals surface area contributed by atoms with Crippen molar-refractivity contribution in [2.24, 2.45) is 0 Å². The van der Waals surface area contributed by atoms with Crippen LogP contribution in [-0.2, 0) is 20.9 Å². The molecular weight excluding hydrogens is 459 g/mol. The number of esters is 1. The molecule has 6 nitrogen and oxygen atoms in total. The maximum atomic E-state index is 13.5. The third kappa shape index (κ3) is 5.83. The Labute approximate surface area is 211 Å². The highest BCUT2D eigenvalue weighted by atomic mass is 19.1. The average molecular weight is 493 g/mol. The number of hydrogen-bond donors (Lipinski definition) is 1. The lowest BCUT2D eigenvalue weighted by Crippen LogP contribution is -2.38. The minimum absolute atomic E-state index is 0.0784. The quantitative estimate of drug-likeness (QED) is 0.537. The van der Waals surface area contributed by atoms with Gasteiger partial charge < -0.3 is 15.0 Å². The Hall–Kier alpha value is -3.48. The van der Waals surface area contributed by atoms with Crippen molar-refractivity contribution in [1.29, 1.82) is 0 Å². The minimum atomic E-state index is -0.501. The van der Waals surface area contributed by atoms with E-state index in [1.54, 1.807) is 43.0 Å². The Balaban J connectivity index is 1.53. The molecule has 1 heterocycles. The van der Waals surface area contributed by atoms with Gasteiger partial charge in [-0.15, -0.1) is 0 Å². The highest BCUT2D eigenvalue weighted by Gasteiger charge is 2.37. The molecule has 1 fully saturated rings. The number of carbonyl (C=O) groups excluding carboxylic acids is 3. The first-order valence-corrected chi connectivity index (χ1v) is 12.7. The molecule has 190 valence electrons. The molecule has 2 amide bonds. The fourth-order valence-corrected chi connectivity index (χ4v) is 5.12. The second kappa shape index (κ2) is 11.5. The summed E-state index contributed by atoms with van der Waals surface area (Å²) in [6, 6.07) is 13.3. The Kier molecular flexibility index (Phi) is 8.18. The van der Waals surface area contributed by atoms with Crippen molar-refractivity contribution >= 4 is 17.8 Å². The zero-order valence-electron chi connectivity index (χ0n) is 20.9. The molecule has 2 aromatic carbocycles. The van der Waals surface area contributed by atoms with Crippen molar-refractivity contribution in [2.75, 3.05) is 6.61 Å². The van der Waals surface area contributed by atoms with Gasteiger partial charge >= 0.3 is 5.97 Å². The van der Waals surface area contributed by atoms with E-state index in [1.165, 1.54) is 18.6 Å². The van der Waals surface area contributed by atoms with Gasteiger partial charge in [-0.3, -0.25) is 9.59 Å². The van der Waals surface area contributed by atoms with Crippen LogP contribution in [0.5, 0.6) is 0 Å². The number of hydrogen-bond acceptors (Lipinski definition) is 4. The lowest BCUT2D eigenvalue weighted by molar-refractivity contribution is -0.140. The van der Waals surface area contributed by atoms with Crippen LogP contribution < -0.4 is 5.32 Å². The fourth-order valence-electron chi connectivity index (χ4n) is 5.12. The van der Waals surface area contributed by atoms with Crippen molar-refractivity contribution in [3.8, 4) is 0 Å². The molecule has 1 N–H and O–H groups in total. The topological polar surface area (TPSA) is 75.7 Å². The van der Waals surface area contributed by atoms with Gasteiger partial charge in [0.15, 0.2) is 0 Å². The standard InChI is InChI=1S/C29H33FN2O4/c1-3-36-29(35)27-19(2)32(26(33)17-25(27)21-13-15-23(30)16-14-21)18-20-9-11-22(12-10-20)28(34)31-24-7-5-4-6-8-24/h9-16,24-25H,3-8,17-18H2,1-2H3,(H,31,34). The van der Waals surface area contributed by atoms with E-state index >= 15 is 0 Å². The second-order valence-corrected chi connectivity index (χ2v) is 9.51. The highest BCUT2D eigenvalue weighted by Crippen LogP contribution is 2.37. The average Bonchev–Trinajstić information content (AvgIpc) is 2.87. The molecular formula is C29H33FN2O4. The van der Waals surface area contributed by atoms with Crippen LogP contribution in [-0.4, -0.2) is 35.3 Å². The maximum absolute atomic E-state index is 13.5. The molecule has 2 aliphatic rings. The molecule has 1 aliphatic heterocycles. The molecule has 2 aromatic rings. The van der Waals surface area contributed by atoms with Gasteiger partial charge in [-0.05, 0) is 62.1 Å². The number of amides is 2. The molecule has 0 spiro atoms. The highest BCUT2D eigenvalue weighted by molar-refractivity contribution is 5.96. The van der Waals surface area contributed by atoms with Gasteiger partial charge in [-0.2, -0.15) is 0 Å². The molecule has 1 saturated carbocycles. The van der Waals surface area contributed by atoms with E-state index in [9.17, 15) is 18.8 Å². The molecule has 0 bridgehead atoms. The van der Waals surface area contributed by atoms with Crippen LogP contribution in [0.15, 0.2) is 59.8 Å². The van der Waals surface area contributed by atoms with Crippen LogP contribution in [0.2, 0.25) is 0 Å². The summed E-state index contributed by atoms with van der Waals surface area (Å²) in [5.41, 5.74) is 3.07. The lowest BCUT2D eigenvalue weighted by Gasteiger charge is -2.34. The van der Waals surface area contributed by atoms with Gasteiger partial charge in [0, 0.05) is 29.6 Å². The first kappa shape index (κ1) is 25.6. The zero-order chi connectivity index (χ0) is 25.7. The third-order valence-electron chi connectivity index (χ3n) is 7.09. The largest absolute Gasteiger partial charge is 0.463 e. The molecule has 0 saturated heterocycles. The summed E-state index contributed by atoms with van der Waals surface area (Å²) >= 11 is 0. The van der Waals surface area contributed by atoms with Crippen LogP contribution in [0.25, 0.3) is 0 Å². The summed E-state index contributed by atoms with van der Waals surface area (Å²) in [6.07, 6.45) is 5.65. The van der Waals surface area contributed by atoms with E-state index in [2.05, 4.69) is 5.32 Å². The minimum Gasteiger partial charge on any atom is -0.463 e. The predicted octanol–water partition coefficient (Wildman–Crippen LogP) is 5.24. The summed E-state index contributed by atoms with van der Waals surface area (Å²) in [4.78, 5) is 40.3. The molecule has 0 aromatic heterocycles. The summed E-state index contributed by atoms with van der Waals surface area (Å²) in [7, 11) is 0. The van der Waals surface area contributed by atoms with Crippen LogP contribution >= 0.6 is 0 Å². The van der Waals surface area contributed by atoms with E-state index in [4.69, 9.17) is 4.74 Å². The molecule has 4 rings (SSSR count). The van der Waals surface area contributed by atoms with Crippen molar-refractivity contribution in [3.63, 3.8) is 0 Å². The molecule has 1 unspecified atom stereocenters. The SMILES string of the molecule is CCOC(=O)C1=C(C)N(Cc2ccc(C(=O)NC3CCCCC3)cc2)C(=O)CC1c1ccc(F)cc1. The third-order valence-corrected chi connectivity index (χ3v) is 7.09. The van der Waals surface area contributed by atoms with E-state index in [0.717, 1.165) is 31.2 Å². The lowest BCUT2D eigenvalue weighted by atomic mass is 9.83. The number of allylic oxidation sites excluding steroid dienone is 1. The van der Waals surface area contributed by atoms with Crippen molar-refractivity contribution in [1.82, 2.24) is 10.2 Å². The number of carbonyl (C=O) groups is 3. The summed E-state index contributed by atoms with van der Waals surface area (Å²) in [6.45, 7) is 3.96. The Morgan fingerprint density at radius 3 is 2.33 bits per heavy atom. The normalized spacial score (nSPS) is 18.8. The van der Waals surface area contributed by atoms with E-state index < -0.39 is 11.9 Å². The van der Waals surface area contributed by atoms with Gasteiger partial charge in [0.1, 0.15) is 5.82 Å². The van der Waals surface area contributed by atoms with E-state index in [1.807, 2.05) is 12.1 Å². The Morgan fingerprint density at radius 2 is 1.69 bits per heavy atom. The second-order valence-electron chi connectivity index (χ2n) is 9.51. The number of halogens is 1. The van der Waals surface area contributed by atoms with E-state index in [-0.39, 0.29) is 43.2 Å². The number of rotatable bonds is 7. The zero-order valence-corrected chi connectivity index (χ0v) is 20.9. The van der Waals surface area contributed by atoms with Gasteiger partial charge in [0.05, 0.1) is 18.7 Å². The fraction of sp³-hybridized carbons (Fsp3) is 0.414. The number of nitrogens with zero attached hydrogens (tertiary/aromatic N) is 1. The number of benzene rings is 2. The van der Waals surface area contributed by atoms with Crippen LogP contribution in [0.1, 0.15) is 79.8 Å². The van der Waals surface area contributed by atoms with Crippen molar-refractivity contribution < 1.29 is 23.5 Å². The summed E-state index contributed by atoms with van der Waals surface area (Å²) < 4.78 is 18.8. The molecule has 0 radical (unpaired) electrons. The molecule has 1 aliphatic carbocycles. The maximum Gasteiger partial charge on any atom is 0.336 e. The summed E-state index contributed by atoms with van der Waals surface area (Å²) in [5, 5.41) is 3.12. The van der Waals surface area contributed by atoms with Gasteiger partial charge in [0.2, 0.25) is 5.91 Å². The number of ether oxygens (including phenoxy) is 1. The van der Waals surface area contributed by atoms with Gasteiger partial charge in [-0.1, -0.05) is 43.5 Å². The Bertz CT molecular complexity index is 1130. The van der Waals surface area contributed by atoms with Crippen molar-refractivity contribution in [3.05, 3.63) is 82.3 Å².